The number of fused-ring (bicyclic) bond motifs is 1. The van der Waals surface area contributed by atoms with Crippen LogP contribution in [-0.4, -0.2) is 26.0 Å². The van der Waals surface area contributed by atoms with E-state index in [1.807, 2.05) is 24.3 Å². The standard InChI is InChI=1S/C25H32N4O2/c1-24(2,3)16-25(4,5)18-10-8-9-17(15-18)13-14-21(22(30)23(26)31)29-27-19-11-6-7-12-20(19)28-29/h6-12,15,30H,13-14,16H2,1-5H3,(H2,26,31). The highest BCUT2D eigenvalue weighted by molar-refractivity contribution is 5.94. The van der Waals surface area contributed by atoms with Crippen LogP contribution < -0.4 is 5.73 Å². The molecule has 0 fully saturated rings. The lowest BCUT2D eigenvalue weighted by Gasteiger charge is -2.33. The van der Waals surface area contributed by atoms with Crippen LogP contribution in [0.15, 0.2) is 54.3 Å². The molecule has 0 aliphatic heterocycles. The molecule has 3 N–H and O–H groups in total. The zero-order valence-corrected chi connectivity index (χ0v) is 19.0. The molecule has 164 valence electrons. The molecule has 1 amide bonds. The van der Waals surface area contributed by atoms with E-state index in [4.69, 9.17) is 5.73 Å². The van der Waals surface area contributed by atoms with Gasteiger partial charge in [0, 0.05) is 0 Å². The van der Waals surface area contributed by atoms with Gasteiger partial charge in [-0.1, -0.05) is 71.0 Å². The van der Waals surface area contributed by atoms with E-state index >= 15 is 0 Å². The third kappa shape index (κ3) is 5.51. The second kappa shape index (κ2) is 8.53. The third-order valence-corrected chi connectivity index (χ3v) is 5.37. The van der Waals surface area contributed by atoms with Crippen molar-refractivity contribution in [3.63, 3.8) is 0 Å². The summed E-state index contributed by atoms with van der Waals surface area (Å²) < 4.78 is 0. The van der Waals surface area contributed by atoms with Gasteiger partial charge in [-0.3, -0.25) is 4.79 Å². The predicted molar refractivity (Wildman–Crippen MR) is 124 cm³/mol. The fourth-order valence-electron chi connectivity index (χ4n) is 4.27. The molecule has 0 atom stereocenters. The van der Waals surface area contributed by atoms with E-state index in [2.05, 4.69) is 69.1 Å². The number of nitrogens with two attached hydrogens (primary N) is 1. The maximum Gasteiger partial charge on any atom is 0.285 e. The van der Waals surface area contributed by atoms with Crippen molar-refractivity contribution in [2.75, 3.05) is 0 Å². The molecule has 0 radical (unpaired) electrons. The number of rotatable bonds is 7. The largest absolute Gasteiger partial charge is 0.502 e. The van der Waals surface area contributed by atoms with Gasteiger partial charge in [0.2, 0.25) is 5.76 Å². The molecular formula is C25H32N4O2. The number of amides is 1. The summed E-state index contributed by atoms with van der Waals surface area (Å²) in [5, 5.41) is 19.2. The molecule has 0 bridgehead atoms. The molecule has 0 saturated heterocycles. The summed E-state index contributed by atoms with van der Waals surface area (Å²) in [4.78, 5) is 13.0. The highest BCUT2D eigenvalue weighted by Gasteiger charge is 2.27. The topological polar surface area (TPSA) is 94.0 Å². The molecule has 0 aliphatic carbocycles. The van der Waals surface area contributed by atoms with Gasteiger partial charge < -0.3 is 10.8 Å². The third-order valence-electron chi connectivity index (χ3n) is 5.37. The Morgan fingerprint density at radius 3 is 2.16 bits per heavy atom. The lowest BCUT2D eigenvalue weighted by molar-refractivity contribution is -0.116. The Labute approximate surface area is 183 Å². The molecule has 2 aromatic carbocycles. The molecule has 0 unspecified atom stereocenters. The number of carbonyl (C=O) groups excluding carboxylic acids is 1. The Kier molecular flexibility index (Phi) is 6.20. The Morgan fingerprint density at radius 2 is 1.61 bits per heavy atom. The number of nitrogens with zero attached hydrogens (tertiary/aromatic N) is 3. The summed E-state index contributed by atoms with van der Waals surface area (Å²) in [6, 6.07) is 15.9. The average molecular weight is 421 g/mol. The summed E-state index contributed by atoms with van der Waals surface area (Å²) in [5.41, 5.74) is 9.66. The molecule has 6 heteroatoms. The van der Waals surface area contributed by atoms with Crippen LogP contribution in [-0.2, 0) is 16.6 Å². The van der Waals surface area contributed by atoms with Crippen LogP contribution in [0.3, 0.4) is 0 Å². The second-order valence-electron chi connectivity index (χ2n) is 9.96. The summed E-state index contributed by atoms with van der Waals surface area (Å²) in [6.45, 7) is 11.3. The van der Waals surface area contributed by atoms with Gasteiger partial charge >= 0.3 is 0 Å². The van der Waals surface area contributed by atoms with Crippen LogP contribution in [0.25, 0.3) is 16.7 Å². The van der Waals surface area contributed by atoms with E-state index in [-0.39, 0.29) is 10.8 Å². The van der Waals surface area contributed by atoms with Crippen molar-refractivity contribution < 1.29 is 9.90 Å². The van der Waals surface area contributed by atoms with E-state index in [9.17, 15) is 9.90 Å². The molecule has 1 heterocycles. The molecule has 0 spiro atoms. The first-order valence-corrected chi connectivity index (χ1v) is 10.6. The van der Waals surface area contributed by atoms with Crippen molar-refractivity contribution >= 4 is 22.6 Å². The van der Waals surface area contributed by atoms with Crippen molar-refractivity contribution in [3.8, 4) is 0 Å². The number of hydrogen-bond acceptors (Lipinski definition) is 4. The molecule has 3 aromatic rings. The average Bonchev–Trinajstić information content (AvgIpc) is 3.10. The number of aromatic nitrogens is 3. The number of allylic oxidation sites excluding steroid dienone is 1. The van der Waals surface area contributed by atoms with Crippen molar-refractivity contribution in [3.05, 3.63) is 65.4 Å². The normalized spacial score (nSPS) is 13.3. The molecule has 31 heavy (non-hydrogen) atoms. The van der Waals surface area contributed by atoms with Crippen molar-refractivity contribution in [2.24, 2.45) is 11.1 Å². The Morgan fingerprint density at radius 1 is 1.00 bits per heavy atom. The summed E-state index contributed by atoms with van der Waals surface area (Å²) in [7, 11) is 0. The van der Waals surface area contributed by atoms with Crippen LogP contribution in [0.2, 0.25) is 0 Å². The Bertz CT molecular complexity index is 1090. The van der Waals surface area contributed by atoms with E-state index in [0.717, 1.165) is 12.0 Å². The summed E-state index contributed by atoms with van der Waals surface area (Å²) in [6.07, 6.45) is 2.05. The fourth-order valence-corrected chi connectivity index (χ4v) is 4.27. The molecule has 0 saturated carbocycles. The first-order chi connectivity index (χ1) is 14.5. The smallest absolute Gasteiger partial charge is 0.285 e. The van der Waals surface area contributed by atoms with Crippen molar-refractivity contribution in [1.82, 2.24) is 15.0 Å². The zero-order chi connectivity index (χ0) is 22.8. The van der Waals surface area contributed by atoms with Gasteiger partial charge in [-0.25, -0.2) is 0 Å². The predicted octanol–water partition coefficient (Wildman–Crippen LogP) is 4.99. The monoisotopic (exact) mass is 420 g/mol. The van der Waals surface area contributed by atoms with E-state index < -0.39 is 11.7 Å². The van der Waals surface area contributed by atoms with Gasteiger partial charge in [-0.2, -0.15) is 4.80 Å². The molecule has 6 nitrogen and oxygen atoms in total. The van der Waals surface area contributed by atoms with E-state index in [1.54, 1.807) is 0 Å². The van der Waals surface area contributed by atoms with Gasteiger partial charge in [-0.15, -0.1) is 10.2 Å². The number of aliphatic hydroxyl groups is 1. The minimum absolute atomic E-state index is 0.0313. The van der Waals surface area contributed by atoms with Gasteiger partial charge in [-0.05, 0) is 53.4 Å². The quantitative estimate of drug-likeness (QED) is 0.416. The first-order valence-electron chi connectivity index (χ1n) is 10.6. The number of aryl methyl sites for hydroxylation is 1. The Balaban J connectivity index is 1.88. The van der Waals surface area contributed by atoms with Gasteiger partial charge in [0.05, 0.1) is 0 Å². The molecular weight excluding hydrogens is 388 g/mol. The van der Waals surface area contributed by atoms with Gasteiger partial charge in [0.15, 0.2) is 0 Å². The fraction of sp³-hybridized carbons (Fsp3) is 0.400. The van der Waals surface area contributed by atoms with Crippen LogP contribution in [0, 0.1) is 5.41 Å². The number of carbonyl (C=O) groups is 1. The summed E-state index contributed by atoms with van der Waals surface area (Å²) >= 11 is 0. The van der Waals surface area contributed by atoms with Crippen LogP contribution in [0.1, 0.15) is 58.6 Å². The van der Waals surface area contributed by atoms with Crippen molar-refractivity contribution in [1.29, 1.82) is 0 Å². The number of hydrogen-bond donors (Lipinski definition) is 2. The van der Waals surface area contributed by atoms with Crippen molar-refractivity contribution in [2.45, 2.75) is 59.3 Å². The van der Waals surface area contributed by atoms with E-state index in [0.29, 0.717) is 29.6 Å². The minimum atomic E-state index is -0.892. The Hall–Kier alpha value is -3.15. The number of aliphatic hydroxyl groups excluding tert-OH is 1. The summed E-state index contributed by atoms with van der Waals surface area (Å²) in [5.74, 6) is -1.40. The lowest BCUT2D eigenvalue weighted by Crippen LogP contribution is -2.24. The number of benzene rings is 2. The van der Waals surface area contributed by atoms with Crippen LogP contribution in [0.5, 0.6) is 0 Å². The highest BCUT2D eigenvalue weighted by Crippen LogP contribution is 2.36. The molecule has 3 rings (SSSR count). The van der Waals surface area contributed by atoms with Crippen LogP contribution >= 0.6 is 0 Å². The molecule has 0 aliphatic rings. The zero-order valence-electron chi connectivity index (χ0n) is 19.0. The number of primary amides is 1. The van der Waals surface area contributed by atoms with E-state index in [1.165, 1.54) is 10.4 Å². The maximum atomic E-state index is 11.7. The second-order valence-corrected chi connectivity index (χ2v) is 9.96. The minimum Gasteiger partial charge on any atom is -0.502 e. The SMILES string of the molecule is CC(C)(C)CC(C)(C)c1cccc(CCC(=C(O)C(N)=O)n2nc3ccccc3n2)c1. The van der Waals surface area contributed by atoms with Gasteiger partial charge in [0.1, 0.15) is 16.7 Å². The van der Waals surface area contributed by atoms with Gasteiger partial charge in [0.25, 0.3) is 5.91 Å². The molecule has 1 aromatic heterocycles. The first kappa shape index (κ1) is 22.5. The van der Waals surface area contributed by atoms with Crippen LogP contribution in [0.4, 0.5) is 0 Å². The lowest BCUT2D eigenvalue weighted by atomic mass is 9.72. The maximum absolute atomic E-state index is 11.7. The highest BCUT2D eigenvalue weighted by atomic mass is 16.3.